The number of nitrogens with zero attached hydrogens (tertiary/aromatic N) is 1. The largest absolute Gasteiger partial charge is 0.366 e. The molecule has 0 bridgehead atoms. The average molecular weight is 267 g/mol. The van der Waals surface area contributed by atoms with Gasteiger partial charge in [0.05, 0.1) is 24.2 Å². The molecule has 0 aliphatic rings. The first kappa shape index (κ1) is 14.9. The summed E-state index contributed by atoms with van der Waals surface area (Å²) in [5.41, 5.74) is 0.747. The minimum absolute atomic E-state index is 0.321. The van der Waals surface area contributed by atoms with Crippen molar-refractivity contribution in [2.24, 2.45) is 4.99 Å². The van der Waals surface area contributed by atoms with Crippen LogP contribution < -0.4 is 0 Å². The highest BCUT2D eigenvalue weighted by atomic mass is 31.2. The predicted octanol–water partition coefficient (Wildman–Crippen LogP) is 4.16. The van der Waals surface area contributed by atoms with Crippen LogP contribution in [0.4, 0.5) is 5.69 Å². The highest BCUT2D eigenvalue weighted by Crippen LogP contribution is 2.54. The number of benzene rings is 1. The minimum atomic E-state index is -3.24. The fourth-order valence-electron chi connectivity index (χ4n) is 1.28. The van der Waals surface area contributed by atoms with E-state index in [2.05, 4.69) is 10.9 Å². The summed E-state index contributed by atoms with van der Waals surface area (Å²) in [6, 6.07) is 9.33. The molecule has 1 aromatic carbocycles. The quantitative estimate of drug-likeness (QED) is 0.574. The number of hydrogen-bond acceptors (Lipinski definition) is 4. The summed E-state index contributed by atoms with van der Waals surface area (Å²) in [6.07, 6.45) is 0. The molecule has 0 aliphatic carbocycles. The Bertz CT molecular complexity index is 468. The molecule has 98 valence electrons. The van der Waals surface area contributed by atoms with Crippen LogP contribution in [0.3, 0.4) is 0 Å². The maximum atomic E-state index is 12.3. The zero-order valence-corrected chi connectivity index (χ0v) is 11.8. The Morgan fingerprint density at radius 1 is 1.22 bits per heavy atom. The number of hydrogen-bond donors (Lipinski definition) is 0. The topological polar surface area (TPSA) is 47.9 Å². The number of rotatable bonds is 6. The molecule has 0 heterocycles. The van der Waals surface area contributed by atoms with Crippen molar-refractivity contribution in [1.29, 1.82) is 0 Å². The summed E-state index contributed by atoms with van der Waals surface area (Å²) >= 11 is 0. The Morgan fingerprint density at radius 3 is 2.28 bits per heavy atom. The molecule has 0 saturated heterocycles. The molecule has 4 nitrogen and oxygen atoms in total. The highest BCUT2D eigenvalue weighted by Gasteiger charge is 2.26. The molecule has 1 rings (SSSR count). The van der Waals surface area contributed by atoms with Crippen LogP contribution in [0.2, 0.25) is 0 Å². The van der Waals surface area contributed by atoms with Crippen molar-refractivity contribution in [3.05, 3.63) is 35.6 Å². The molecule has 1 aromatic rings. The molecule has 0 amide bonds. The van der Waals surface area contributed by atoms with Gasteiger partial charge in [-0.1, -0.05) is 18.2 Å². The van der Waals surface area contributed by atoms with E-state index < -0.39 is 7.60 Å². The normalized spacial score (nSPS) is 10.8. The van der Waals surface area contributed by atoms with Crippen LogP contribution in [-0.4, -0.2) is 19.1 Å². The van der Waals surface area contributed by atoms with Gasteiger partial charge in [0, 0.05) is 0 Å². The Kier molecular flexibility index (Phi) is 6.03. The first-order valence-corrected chi connectivity index (χ1v) is 7.41. The van der Waals surface area contributed by atoms with Gasteiger partial charge in [-0.3, -0.25) is 4.57 Å². The number of allylic oxidation sites excluding steroid dienone is 1. The molecule has 0 N–H and O–H groups in total. The lowest BCUT2D eigenvalue weighted by molar-refractivity contribution is 0.226. The van der Waals surface area contributed by atoms with Crippen LogP contribution in [0.5, 0.6) is 0 Å². The van der Waals surface area contributed by atoms with Gasteiger partial charge in [-0.05, 0) is 38.8 Å². The Balaban J connectivity index is 2.99. The van der Waals surface area contributed by atoms with Crippen molar-refractivity contribution in [2.75, 3.05) is 13.2 Å². The molecule has 5 heteroatoms. The van der Waals surface area contributed by atoms with Crippen LogP contribution >= 0.6 is 7.60 Å². The van der Waals surface area contributed by atoms with Crippen LogP contribution in [0.25, 0.3) is 0 Å². The Labute approximate surface area is 108 Å². The zero-order valence-electron chi connectivity index (χ0n) is 10.9. The lowest BCUT2D eigenvalue weighted by Gasteiger charge is -2.15. The summed E-state index contributed by atoms with van der Waals surface area (Å²) in [5, 5.41) is 0.384. The van der Waals surface area contributed by atoms with E-state index in [9.17, 15) is 4.57 Å². The lowest BCUT2D eigenvalue weighted by Crippen LogP contribution is -1.97. The van der Waals surface area contributed by atoms with Crippen molar-refractivity contribution in [3.63, 3.8) is 0 Å². The second-order valence-electron chi connectivity index (χ2n) is 3.48. The Morgan fingerprint density at radius 2 is 1.78 bits per heavy atom. The number of aliphatic imine (C=N–C) groups is 1. The van der Waals surface area contributed by atoms with E-state index in [1.807, 2.05) is 30.3 Å². The zero-order chi connectivity index (χ0) is 13.4. The van der Waals surface area contributed by atoms with Crippen molar-refractivity contribution < 1.29 is 13.6 Å². The summed E-state index contributed by atoms with van der Waals surface area (Å²) in [4.78, 5) is 4.12. The third-order valence-electron chi connectivity index (χ3n) is 2.11. The van der Waals surface area contributed by atoms with E-state index in [4.69, 9.17) is 9.05 Å². The van der Waals surface area contributed by atoms with Gasteiger partial charge in [0.2, 0.25) is 0 Å². The molecule has 0 spiro atoms. The second kappa shape index (κ2) is 7.30. The summed E-state index contributed by atoms with van der Waals surface area (Å²) in [5.74, 6) is 2.74. The van der Waals surface area contributed by atoms with Crippen LogP contribution in [0.1, 0.15) is 20.8 Å². The standard InChI is InChI=1S/C13H18NO3P/c1-4-16-18(15,17-5-2)12(3)11-14-13-9-7-6-8-10-13/h6-10H,4-5H2,1-3H3. The number of para-hydroxylation sites is 1. The van der Waals surface area contributed by atoms with Gasteiger partial charge in [-0.25, -0.2) is 4.99 Å². The first-order chi connectivity index (χ1) is 8.62. The third-order valence-corrected chi connectivity index (χ3v) is 4.23. The fraction of sp³-hybridized carbons (Fsp3) is 0.385. The van der Waals surface area contributed by atoms with Gasteiger partial charge in [-0.15, -0.1) is 0 Å². The molecule has 0 unspecified atom stereocenters. The van der Waals surface area contributed by atoms with Crippen molar-refractivity contribution in [2.45, 2.75) is 20.8 Å². The molecule has 0 saturated carbocycles. The summed E-state index contributed by atoms with van der Waals surface area (Å²) < 4.78 is 22.7. The van der Waals surface area contributed by atoms with Crippen LogP contribution in [0.15, 0.2) is 40.6 Å². The second-order valence-corrected chi connectivity index (χ2v) is 5.66. The SMILES string of the molecule is CCOP(=O)(OCC)C(C)=C=Nc1ccccc1. The molecular weight excluding hydrogens is 249 g/mol. The molecule has 0 fully saturated rings. The monoisotopic (exact) mass is 267 g/mol. The molecule has 0 aliphatic heterocycles. The predicted molar refractivity (Wildman–Crippen MR) is 73.6 cm³/mol. The van der Waals surface area contributed by atoms with Gasteiger partial charge in [0.1, 0.15) is 0 Å². The Hall–Kier alpha value is -1.18. The molecule has 0 aromatic heterocycles. The molecule has 0 atom stereocenters. The first-order valence-electron chi connectivity index (χ1n) is 5.87. The summed E-state index contributed by atoms with van der Waals surface area (Å²) in [7, 11) is -3.24. The maximum Gasteiger partial charge on any atom is 0.366 e. The van der Waals surface area contributed by atoms with Gasteiger partial charge in [0.15, 0.2) is 0 Å². The fourth-order valence-corrected chi connectivity index (χ4v) is 2.59. The molecule has 18 heavy (non-hydrogen) atoms. The van der Waals surface area contributed by atoms with Crippen LogP contribution in [-0.2, 0) is 13.6 Å². The summed E-state index contributed by atoms with van der Waals surface area (Å²) in [6.45, 7) is 5.84. The van der Waals surface area contributed by atoms with E-state index >= 15 is 0 Å². The van der Waals surface area contributed by atoms with Gasteiger partial charge in [-0.2, -0.15) is 0 Å². The third kappa shape index (κ3) is 4.25. The smallest absolute Gasteiger partial charge is 0.305 e. The van der Waals surface area contributed by atoms with E-state index in [1.165, 1.54) is 0 Å². The molecular formula is C13H18NO3P. The van der Waals surface area contributed by atoms with Gasteiger partial charge in [0.25, 0.3) is 0 Å². The van der Waals surface area contributed by atoms with E-state index in [0.717, 1.165) is 5.69 Å². The van der Waals surface area contributed by atoms with Crippen LogP contribution in [0, 0.1) is 0 Å². The van der Waals surface area contributed by atoms with Gasteiger partial charge < -0.3 is 9.05 Å². The van der Waals surface area contributed by atoms with Gasteiger partial charge >= 0.3 is 7.60 Å². The highest BCUT2D eigenvalue weighted by molar-refractivity contribution is 7.58. The lowest BCUT2D eigenvalue weighted by atomic mass is 10.3. The van der Waals surface area contributed by atoms with Crippen molar-refractivity contribution in [3.8, 4) is 0 Å². The van der Waals surface area contributed by atoms with Crippen molar-refractivity contribution in [1.82, 2.24) is 0 Å². The van der Waals surface area contributed by atoms with E-state index in [0.29, 0.717) is 18.5 Å². The molecule has 0 radical (unpaired) electrons. The van der Waals surface area contributed by atoms with E-state index in [-0.39, 0.29) is 0 Å². The van der Waals surface area contributed by atoms with Crippen molar-refractivity contribution >= 4 is 19.2 Å². The average Bonchev–Trinajstić information content (AvgIpc) is 2.37. The minimum Gasteiger partial charge on any atom is -0.305 e. The maximum absolute atomic E-state index is 12.3. The van der Waals surface area contributed by atoms with E-state index in [1.54, 1.807) is 20.8 Å².